The van der Waals surface area contributed by atoms with Crippen molar-refractivity contribution in [2.45, 2.75) is 52.7 Å². The second kappa shape index (κ2) is 10.2. The maximum absolute atomic E-state index is 12.9. The van der Waals surface area contributed by atoms with Gasteiger partial charge in [0.2, 0.25) is 11.8 Å². The number of nitrogens with one attached hydrogen (secondary N) is 1. The van der Waals surface area contributed by atoms with Gasteiger partial charge in [-0.05, 0) is 46.8 Å². The fourth-order valence-corrected chi connectivity index (χ4v) is 3.92. The molecule has 1 heterocycles. The van der Waals surface area contributed by atoms with Gasteiger partial charge in [-0.2, -0.15) is 0 Å². The van der Waals surface area contributed by atoms with E-state index in [1.165, 1.54) is 0 Å². The zero-order valence-corrected chi connectivity index (χ0v) is 18.4. The minimum atomic E-state index is -0.149. The summed E-state index contributed by atoms with van der Waals surface area (Å²) < 4.78 is 0. The predicted molar refractivity (Wildman–Crippen MR) is 115 cm³/mol. The number of carbonyl (C=O) groups is 2. The first-order chi connectivity index (χ1) is 13.2. The first kappa shape index (κ1) is 22.7. The molecule has 6 nitrogen and oxygen atoms in total. The fraction of sp³-hybridized carbons (Fsp3) is 0.619. The zero-order chi connectivity index (χ0) is 20.8. The summed E-state index contributed by atoms with van der Waals surface area (Å²) in [5, 5.41) is 3.40. The molecule has 1 saturated heterocycles. The number of anilines is 1. The van der Waals surface area contributed by atoms with Crippen molar-refractivity contribution >= 4 is 29.1 Å². The third-order valence-electron chi connectivity index (χ3n) is 5.19. The molecule has 1 atom stereocenters. The Kier molecular flexibility index (Phi) is 8.28. The van der Waals surface area contributed by atoms with Crippen LogP contribution < -0.4 is 5.32 Å². The molecule has 156 valence electrons. The first-order valence-corrected chi connectivity index (χ1v) is 10.4. The third-order valence-corrected chi connectivity index (χ3v) is 5.52. The molecule has 1 N–H and O–H groups in total. The van der Waals surface area contributed by atoms with E-state index in [4.69, 9.17) is 11.6 Å². The molecule has 0 spiro atoms. The Morgan fingerprint density at radius 1 is 1.04 bits per heavy atom. The molecule has 28 heavy (non-hydrogen) atoms. The molecule has 1 aromatic rings. The van der Waals surface area contributed by atoms with E-state index in [0.29, 0.717) is 17.3 Å². The number of nitrogens with zero attached hydrogens (tertiary/aromatic N) is 3. The van der Waals surface area contributed by atoms with E-state index >= 15 is 0 Å². The summed E-state index contributed by atoms with van der Waals surface area (Å²) in [6, 6.07) is 7.45. The molecular weight excluding hydrogens is 376 g/mol. The number of hydrogen-bond acceptors (Lipinski definition) is 4. The number of para-hydroxylation sites is 1. The van der Waals surface area contributed by atoms with Crippen molar-refractivity contribution in [3.05, 3.63) is 29.3 Å². The van der Waals surface area contributed by atoms with Gasteiger partial charge >= 0.3 is 0 Å². The van der Waals surface area contributed by atoms with Gasteiger partial charge in [0.15, 0.2) is 0 Å². The molecule has 7 heteroatoms. The Morgan fingerprint density at radius 2 is 1.61 bits per heavy atom. The molecule has 0 saturated carbocycles. The van der Waals surface area contributed by atoms with Gasteiger partial charge in [-0.25, -0.2) is 0 Å². The highest BCUT2D eigenvalue weighted by atomic mass is 35.5. The highest BCUT2D eigenvalue weighted by Gasteiger charge is 2.31. The van der Waals surface area contributed by atoms with Crippen LogP contribution in [0.3, 0.4) is 0 Å². The molecule has 0 aromatic heterocycles. The van der Waals surface area contributed by atoms with E-state index < -0.39 is 0 Å². The van der Waals surface area contributed by atoms with Crippen molar-refractivity contribution in [1.29, 1.82) is 0 Å². The van der Waals surface area contributed by atoms with E-state index in [1.807, 2.05) is 24.0 Å². The lowest BCUT2D eigenvalue weighted by molar-refractivity contribution is -0.141. The number of amides is 2. The van der Waals surface area contributed by atoms with E-state index in [0.717, 1.165) is 26.2 Å². The maximum Gasteiger partial charge on any atom is 0.240 e. The van der Waals surface area contributed by atoms with Gasteiger partial charge in [0.05, 0.1) is 23.3 Å². The van der Waals surface area contributed by atoms with Crippen LogP contribution in [0.5, 0.6) is 0 Å². The largest absolute Gasteiger partial charge is 0.336 e. The SMILES string of the molecule is CC(C(=O)N(C(C)C)C(C)C)N1CCN(CC(=O)Nc2ccccc2Cl)CC1. The summed E-state index contributed by atoms with van der Waals surface area (Å²) in [5.41, 5.74) is 0.634. The Hall–Kier alpha value is -1.63. The minimum absolute atomic E-state index is 0.0727. The maximum atomic E-state index is 12.9. The molecule has 0 bridgehead atoms. The van der Waals surface area contributed by atoms with E-state index in [-0.39, 0.29) is 29.9 Å². The summed E-state index contributed by atoms with van der Waals surface area (Å²) >= 11 is 6.09. The topological polar surface area (TPSA) is 55.9 Å². The lowest BCUT2D eigenvalue weighted by atomic mass is 10.1. The Balaban J connectivity index is 1.84. The quantitative estimate of drug-likeness (QED) is 0.753. The number of hydrogen-bond donors (Lipinski definition) is 1. The monoisotopic (exact) mass is 408 g/mol. The van der Waals surface area contributed by atoms with Crippen LogP contribution >= 0.6 is 11.6 Å². The average molecular weight is 409 g/mol. The van der Waals surface area contributed by atoms with Gasteiger partial charge in [-0.1, -0.05) is 23.7 Å². The molecular formula is C21H33ClN4O2. The second-order valence-electron chi connectivity index (χ2n) is 7.95. The van der Waals surface area contributed by atoms with Crippen molar-refractivity contribution in [3.63, 3.8) is 0 Å². The summed E-state index contributed by atoms with van der Waals surface area (Å²) in [7, 11) is 0. The predicted octanol–water partition coefficient (Wildman–Crippen LogP) is 2.93. The van der Waals surface area contributed by atoms with Crippen LogP contribution in [0, 0.1) is 0 Å². The molecule has 1 aromatic carbocycles. The third kappa shape index (κ3) is 5.93. The van der Waals surface area contributed by atoms with E-state index in [1.54, 1.807) is 12.1 Å². The molecule has 0 aliphatic carbocycles. The van der Waals surface area contributed by atoms with Crippen LogP contribution in [-0.4, -0.2) is 77.4 Å². The Morgan fingerprint density at radius 3 is 2.14 bits per heavy atom. The second-order valence-corrected chi connectivity index (χ2v) is 8.36. The van der Waals surface area contributed by atoms with Gasteiger partial charge in [-0.3, -0.25) is 19.4 Å². The Labute approximate surface area is 173 Å². The molecule has 1 fully saturated rings. The zero-order valence-electron chi connectivity index (χ0n) is 17.6. The van der Waals surface area contributed by atoms with Gasteiger partial charge < -0.3 is 10.2 Å². The van der Waals surface area contributed by atoms with Crippen LogP contribution in [-0.2, 0) is 9.59 Å². The summed E-state index contributed by atoms with van der Waals surface area (Å²) in [6.07, 6.45) is 0. The van der Waals surface area contributed by atoms with Crippen molar-refractivity contribution in [2.75, 3.05) is 38.0 Å². The van der Waals surface area contributed by atoms with Crippen LogP contribution in [0.4, 0.5) is 5.69 Å². The summed E-state index contributed by atoms with van der Waals surface area (Å²) in [5.74, 6) is 0.103. The van der Waals surface area contributed by atoms with Crippen LogP contribution in [0.15, 0.2) is 24.3 Å². The summed E-state index contributed by atoms with van der Waals surface area (Å²) in [4.78, 5) is 31.5. The standard InChI is InChI=1S/C21H33ClN4O2/c1-15(2)26(16(3)4)21(28)17(5)25-12-10-24(11-13-25)14-20(27)23-19-9-7-6-8-18(19)22/h6-9,15-17H,10-14H2,1-5H3,(H,23,27). The van der Waals surface area contributed by atoms with Crippen LogP contribution in [0.25, 0.3) is 0 Å². The Bertz CT molecular complexity index is 664. The number of halogens is 1. The molecule has 2 amide bonds. The molecule has 1 aliphatic heterocycles. The van der Waals surface area contributed by atoms with Crippen LogP contribution in [0.2, 0.25) is 5.02 Å². The normalized spacial score (nSPS) is 17.0. The van der Waals surface area contributed by atoms with Crippen molar-refractivity contribution in [1.82, 2.24) is 14.7 Å². The minimum Gasteiger partial charge on any atom is -0.336 e. The molecule has 1 unspecified atom stereocenters. The number of carbonyl (C=O) groups excluding carboxylic acids is 2. The van der Waals surface area contributed by atoms with Gasteiger partial charge in [0, 0.05) is 38.3 Å². The highest BCUT2D eigenvalue weighted by molar-refractivity contribution is 6.33. The van der Waals surface area contributed by atoms with Crippen molar-refractivity contribution < 1.29 is 9.59 Å². The lowest BCUT2D eigenvalue weighted by Crippen LogP contribution is -2.57. The molecule has 1 aliphatic rings. The first-order valence-electron chi connectivity index (χ1n) is 10.0. The van der Waals surface area contributed by atoms with Gasteiger partial charge in [0.1, 0.15) is 0 Å². The molecule has 0 radical (unpaired) electrons. The van der Waals surface area contributed by atoms with E-state index in [9.17, 15) is 9.59 Å². The number of piperazine rings is 1. The van der Waals surface area contributed by atoms with Crippen molar-refractivity contribution in [3.8, 4) is 0 Å². The summed E-state index contributed by atoms with van der Waals surface area (Å²) in [6.45, 7) is 13.6. The van der Waals surface area contributed by atoms with Crippen LogP contribution in [0.1, 0.15) is 34.6 Å². The van der Waals surface area contributed by atoms with Gasteiger partial charge in [-0.15, -0.1) is 0 Å². The van der Waals surface area contributed by atoms with E-state index in [2.05, 4.69) is 42.8 Å². The van der Waals surface area contributed by atoms with Gasteiger partial charge in [0.25, 0.3) is 0 Å². The highest BCUT2D eigenvalue weighted by Crippen LogP contribution is 2.20. The molecule has 2 rings (SSSR count). The fourth-order valence-electron chi connectivity index (χ4n) is 3.74. The smallest absolute Gasteiger partial charge is 0.240 e. The lowest BCUT2D eigenvalue weighted by Gasteiger charge is -2.40. The number of rotatable bonds is 7. The van der Waals surface area contributed by atoms with Crippen molar-refractivity contribution in [2.24, 2.45) is 0 Å². The number of benzene rings is 1. The average Bonchev–Trinajstić information content (AvgIpc) is 2.63.